The number of aromatic nitrogens is 4. The van der Waals surface area contributed by atoms with E-state index in [1.807, 2.05) is 13.2 Å². The van der Waals surface area contributed by atoms with E-state index in [2.05, 4.69) is 10.1 Å². The van der Waals surface area contributed by atoms with Gasteiger partial charge in [-0.05, 0) is 37.2 Å². The molecule has 0 unspecified atom stereocenters. The molecule has 178 valence electrons. The average Bonchev–Trinajstić information content (AvgIpc) is 3.08. The highest BCUT2D eigenvalue weighted by Gasteiger charge is 2.43. The number of aryl methyl sites for hydroxylation is 2. The lowest BCUT2D eigenvalue weighted by Crippen LogP contribution is -2.42. The zero-order valence-corrected chi connectivity index (χ0v) is 18.8. The summed E-state index contributed by atoms with van der Waals surface area (Å²) in [6.07, 6.45) is 10.4. The predicted molar refractivity (Wildman–Crippen MR) is 112 cm³/mol. The molecular weight excluding hydrogens is 442 g/mol. The Morgan fingerprint density at radius 1 is 1.16 bits per heavy atom. The highest BCUT2D eigenvalue weighted by atomic mass is 32.2. The van der Waals surface area contributed by atoms with Gasteiger partial charge >= 0.3 is 0 Å². The van der Waals surface area contributed by atoms with Gasteiger partial charge in [-0.2, -0.15) is 9.40 Å². The second-order valence-corrected chi connectivity index (χ2v) is 9.44. The first kappa shape index (κ1) is 25.5. The minimum Gasteiger partial charge on any atom is -0.483 e. The summed E-state index contributed by atoms with van der Waals surface area (Å²) in [5.74, 6) is 0.649. The molecular formula is C19H29N5O7S. The summed E-state index contributed by atoms with van der Waals surface area (Å²) >= 11 is 0. The number of carboxylic acid groups (broad SMARTS) is 2. The lowest BCUT2D eigenvalue weighted by Gasteiger charge is -2.26. The Morgan fingerprint density at radius 2 is 1.81 bits per heavy atom. The van der Waals surface area contributed by atoms with Crippen LogP contribution in [0, 0.1) is 5.92 Å². The second kappa shape index (κ2) is 11.7. The van der Waals surface area contributed by atoms with E-state index in [0.29, 0.717) is 25.3 Å². The zero-order valence-electron chi connectivity index (χ0n) is 18.0. The molecule has 1 aliphatic heterocycles. The fourth-order valence-electron chi connectivity index (χ4n) is 3.53. The van der Waals surface area contributed by atoms with Crippen LogP contribution in [0.1, 0.15) is 24.8 Å². The smallest absolute Gasteiger partial charge is 0.290 e. The van der Waals surface area contributed by atoms with E-state index in [1.54, 1.807) is 33.0 Å². The number of imidazole rings is 1. The van der Waals surface area contributed by atoms with Crippen LogP contribution < -0.4 is 0 Å². The lowest BCUT2D eigenvalue weighted by atomic mass is 10.1. The molecule has 1 saturated carbocycles. The highest BCUT2D eigenvalue weighted by Crippen LogP contribution is 2.33. The SMILES string of the molecule is Cn1cnc(S(=O)(=O)N2CC[C@@H](OCC3CC3)[C@@H]2Cc2cnn(C)c2)c1.O=CO.O=CO. The van der Waals surface area contributed by atoms with Crippen LogP contribution in [-0.2, 0) is 44.9 Å². The first-order valence-electron chi connectivity index (χ1n) is 10.0. The van der Waals surface area contributed by atoms with Gasteiger partial charge in [0.25, 0.3) is 23.0 Å². The molecule has 2 aromatic heterocycles. The van der Waals surface area contributed by atoms with Gasteiger partial charge in [0.2, 0.25) is 0 Å². The van der Waals surface area contributed by atoms with E-state index in [1.165, 1.54) is 19.2 Å². The van der Waals surface area contributed by atoms with Crippen molar-refractivity contribution in [3.05, 3.63) is 30.5 Å². The van der Waals surface area contributed by atoms with E-state index in [4.69, 9.17) is 24.5 Å². The number of sulfonamides is 1. The van der Waals surface area contributed by atoms with Crippen molar-refractivity contribution >= 4 is 23.0 Å². The third-order valence-corrected chi connectivity index (χ3v) is 6.94. The summed E-state index contributed by atoms with van der Waals surface area (Å²) in [4.78, 5) is 20.8. The zero-order chi connectivity index (χ0) is 23.7. The first-order valence-corrected chi connectivity index (χ1v) is 11.4. The van der Waals surface area contributed by atoms with Crippen molar-refractivity contribution in [2.75, 3.05) is 13.2 Å². The van der Waals surface area contributed by atoms with Crippen molar-refractivity contribution in [3.8, 4) is 0 Å². The molecule has 1 aliphatic carbocycles. The molecule has 13 heteroatoms. The van der Waals surface area contributed by atoms with Gasteiger partial charge in [-0.15, -0.1) is 0 Å². The molecule has 2 atom stereocenters. The summed E-state index contributed by atoms with van der Waals surface area (Å²) in [6.45, 7) is 0.685. The van der Waals surface area contributed by atoms with Gasteiger partial charge in [0.05, 0.1) is 24.7 Å². The van der Waals surface area contributed by atoms with Gasteiger partial charge in [0.1, 0.15) is 0 Å². The molecule has 1 saturated heterocycles. The third kappa shape index (κ3) is 6.87. The van der Waals surface area contributed by atoms with E-state index in [9.17, 15) is 8.42 Å². The van der Waals surface area contributed by atoms with Gasteiger partial charge in [-0.1, -0.05) is 0 Å². The van der Waals surface area contributed by atoms with Crippen LogP contribution in [0.3, 0.4) is 0 Å². The largest absolute Gasteiger partial charge is 0.483 e. The van der Waals surface area contributed by atoms with Gasteiger partial charge in [0.15, 0.2) is 5.03 Å². The highest BCUT2D eigenvalue weighted by molar-refractivity contribution is 7.89. The molecule has 2 N–H and O–H groups in total. The minimum absolute atomic E-state index is 0.0886. The maximum atomic E-state index is 13.1. The molecule has 0 bridgehead atoms. The van der Waals surface area contributed by atoms with Gasteiger partial charge in [-0.25, -0.2) is 13.4 Å². The van der Waals surface area contributed by atoms with E-state index in [0.717, 1.165) is 12.2 Å². The first-order chi connectivity index (χ1) is 15.3. The number of hydrogen-bond acceptors (Lipinski definition) is 7. The Balaban J connectivity index is 0.000000547. The Labute approximate surface area is 186 Å². The number of carbonyl (C=O) groups is 2. The molecule has 2 aromatic rings. The average molecular weight is 472 g/mol. The fraction of sp³-hybridized carbons (Fsp3) is 0.579. The fourth-order valence-corrected chi connectivity index (χ4v) is 5.16. The van der Waals surface area contributed by atoms with Crippen LogP contribution in [0.2, 0.25) is 0 Å². The second-order valence-electron chi connectivity index (χ2n) is 7.60. The standard InChI is InChI=1S/C17H25N5O3S.2CH2O2/c1-20-10-17(18-12-20)26(23,24)22-6-5-16(25-11-13-3-4-13)15(22)7-14-8-19-21(2)9-14;2*2-1-3/h8-10,12-13,15-16H,3-7,11H2,1-2H3;2*1H,(H,2,3)/t15-,16+;;/m0../s1. The molecule has 0 spiro atoms. The maximum Gasteiger partial charge on any atom is 0.290 e. The van der Waals surface area contributed by atoms with Crippen molar-refractivity contribution in [1.82, 2.24) is 23.6 Å². The third-order valence-electron chi connectivity index (χ3n) is 5.13. The molecule has 2 fully saturated rings. The van der Waals surface area contributed by atoms with Crippen molar-refractivity contribution in [2.24, 2.45) is 20.0 Å². The van der Waals surface area contributed by atoms with E-state index < -0.39 is 10.0 Å². The minimum atomic E-state index is -3.64. The Bertz CT molecular complexity index is 964. The van der Waals surface area contributed by atoms with Crippen LogP contribution in [0.5, 0.6) is 0 Å². The lowest BCUT2D eigenvalue weighted by molar-refractivity contribution is -0.123. The van der Waals surface area contributed by atoms with Crippen molar-refractivity contribution < 1.29 is 33.0 Å². The van der Waals surface area contributed by atoms with Crippen molar-refractivity contribution in [1.29, 1.82) is 0 Å². The van der Waals surface area contributed by atoms with Crippen LogP contribution in [0.25, 0.3) is 0 Å². The van der Waals surface area contributed by atoms with Gasteiger partial charge in [-0.3, -0.25) is 14.3 Å². The summed E-state index contributed by atoms with van der Waals surface area (Å²) in [6, 6.07) is -0.232. The molecule has 4 rings (SSSR count). The van der Waals surface area contributed by atoms with Crippen molar-refractivity contribution in [3.63, 3.8) is 0 Å². The van der Waals surface area contributed by atoms with Gasteiger partial charge < -0.3 is 19.5 Å². The molecule has 32 heavy (non-hydrogen) atoms. The summed E-state index contributed by atoms with van der Waals surface area (Å²) in [5, 5.41) is 18.1. The Morgan fingerprint density at radius 3 is 2.31 bits per heavy atom. The molecule has 0 radical (unpaired) electrons. The molecule has 2 aliphatic rings. The Hall–Kier alpha value is -2.77. The van der Waals surface area contributed by atoms with E-state index in [-0.39, 0.29) is 30.1 Å². The van der Waals surface area contributed by atoms with Crippen LogP contribution in [0.4, 0.5) is 0 Å². The molecule has 0 amide bonds. The number of nitrogens with zero attached hydrogens (tertiary/aromatic N) is 5. The molecule has 0 aromatic carbocycles. The monoisotopic (exact) mass is 471 g/mol. The topological polar surface area (TPSA) is 157 Å². The summed E-state index contributed by atoms with van der Waals surface area (Å²) in [5.41, 5.74) is 1.01. The molecule has 12 nitrogen and oxygen atoms in total. The summed E-state index contributed by atoms with van der Waals surface area (Å²) < 4.78 is 37.3. The molecule has 3 heterocycles. The summed E-state index contributed by atoms with van der Waals surface area (Å²) in [7, 11) is -0.0108. The van der Waals surface area contributed by atoms with Crippen LogP contribution >= 0.6 is 0 Å². The van der Waals surface area contributed by atoms with Gasteiger partial charge in [0, 0.05) is 39.6 Å². The Kier molecular flexibility index (Phi) is 9.35. The van der Waals surface area contributed by atoms with Crippen LogP contribution in [0.15, 0.2) is 29.9 Å². The number of rotatable bonds is 7. The quantitative estimate of drug-likeness (QED) is 0.544. The van der Waals surface area contributed by atoms with E-state index >= 15 is 0 Å². The predicted octanol–water partition coefficient (Wildman–Crippen LogP) is 0.356. The number of ether oxygens (including phenoxy) is 1. The maximum absolute atomic E-state index is 13.1. The normalized spacial score (nSPS) is 20.6. The van der Waals surface area contributed by atoms with Crippen molar-refractivity contribution in [2.45, 2.75) is 42.9 Å². The van der Waals surface area contributed by atoms with Crippen LogP contribution in [-0.4, -0.2) is 80.5 Å². The number of hydrogen-bond donors (Lipinski definition) is 2.